The van der Waals surface area contributed by atoms with E-state index in [-0.39, 0.29) is 0 Å². The largest absolute Gasteiger partial charge is 0.337 e. The second-order valence-electron chi connectivity index (χ2n) is 7.24. The van der Waals surface area contributed by atoms with Crippen molar-refractivity contribution < 1.29 is 9.59 Å². The number of likely N-dealkylation sites (N-methyl/N-ethyl adjacent to an activating group) is 1. The molecule has 0 bridgehead atoms. The summed E-state index contributed by atoms with van der Waals surface area (Å²) in [5.41, 5.74) is 3.61. The Balaban J connectivity index is 1.92. The molecule has 2 amide bonds. The first-order valence-electron chi connectivity index (χ1n) is 9.89. The molecule has 6 heteroatoms. The SMILES string of the molecule is CCN(C1=C(c2ccc(C)cc2)C(=O)N(c2cc(Cl)cc(Cl)c2)C1=O)c1ccccc1. The van der Waals surface area contributed by atoms with E-state index in [4.69, 9.17) is 23.2 Å². The molecule has 4 rings (SSSR count). The Hall–Kier alpha value is -3.08. The van der Waals surface area contributed by atoms with Crippen molar-refractivity contribution >= 4 is 52.0 Å². The van der Waals surface area contributed by atoms with Gasteiger partial charge in [0.2, 0.25) is 0 Å². The molecular weight excluding hydrogens is 431 g/mol. The molecular formula is C25H20Cl2N2O2. The third kappa shape index (κ3) is 3.97. The molecule has 0 aliphatic carbocycles. The lowest BCUT2D eigenvalue weighted by Gasteiger charge is -2.25. The number of carbonyl (C=O) groups is 2. The average molecular weight is 451 g/mol. The number of rotatable bonds is 5. The number of imide groups is 1. The number of anilines is 2. The lowest BCUT2D eigenvalue weighted by atomic mass is 10.0. The Bertz CT molecular complexity index is 1170. The Kier molecular flexibility index (Phi) is 5.86. The zero-order chi connectivity index (χ0) is 22.1. The van der Waals surface area contributed by atoms with Crippen LogP contribution in [0.2, 0.25) is 10.0 Å². The van der Waals surface area contributed by atoms with E-state index in [1.54, 1.807) is 18.2 Å². The third-order valence-electron chi connectivity index (χ3n) is 5.16. The first-order valence-corrected chi connectivity index (χ1v) is 10.6. The van der Waals surface area contributed by atoms with E-state index in [9.17, 15) is 9.59 Å². The minimum atomic E-state index is -0.412. The van der Waals surface area contributed by atoms with E-state index >= 15 is 0 Å². The van der Waals surface area contributed by atoms with Gasteiger partial charge in [0, 0.05) is 22.3 Å². The van der Waals surface area contributed by atoms with Crippen LogP contribution in [0.3, 0.4) is 0 Å². The van der Waals surface area contributed by atoms with Crippen LogP contribution in [0.4, 0.5) is 11.4 Å². The molecule has 0 unspecified atom stereocenters. The topological polar surface area (TPSA) is 40.6 Å². The molecule has 3 aromatic rings. The van der Waals surface area contributed by atoms with Gasteiger partial charge in [-0.05, 0) is 49.7 Å². The van der Waals surface area contributed by atoms with Crippen LogP contribution in [0.1, 0.15) is 18.1 Å². The van der Waals surface area contributed by atoms with E-state index < -0.39 is 11.8 Å². The number of hydrogen-bond acceptors (Lipinski definition) is 3. The number of amides is 2. The van der Waals surface area contributed by atoms with Crippen molar-refractivity contribution in [3.05, 3.63) is 99.7 Å². The summed E-state index contributed by atoms with van der Waals surface area (Å²) < 4.78 is 0. The second-order valence-corrected chi connectivity index (χ2v) is 8.12. The standard InChI is InChI=1S/C25H20Cl2N2O2/c1-3-28(20-7-5-4-6-8-20)23-22(17-11-9-16(2)10-12-17)24(30)29(25(23)31)21-14-18(26)13-19(27)15-21/h4-15H,3H2,1-2H3. The first kappa shape index (κ1) is 21.2. The van der Waals surface area contributed by atoms with Crippen LogP contribution in [-0.4, -0.2) is 18.4 Å². The molecule has 0 fully saturated rings. The van der Waals surface area contributed by atoms with Crippen LogP contribution in [-0.2, 0) is 9.59 Å². The van der Waals surface area contributed by atoms with Crippen LogP contribution in [0.5, 0.6) is 0 Å². The smallest absolute Gasteiger partial charge is 0.282 e. The van der Waals surface area contributed by atoms with Crippen molar-refractivity contribution in [1.29, 1.82) is 0 Å². The minimum absolute atomic E-state index is 0.332. The number of benzene rings is 3. The van der Waals surface area contributed by atoms with Crippen LogP contribution in [0, 0.1) is 6.92 Å². The van der Waals surface area contributed by atoms with E-state index in [2.05, 4.69) is 0 Å². The highest BCUT2D eigenvalue weighted by Gasteiger charge is 2.42. The van der Waals surface area contributed by atoms with Crippen molar-refractivity contribution in [2.24, 2.45) is 0 Å². The molecule has 156 valence electrons. The Labute approximate surface area is 191 Å². The molecule has 0 aromatic heterocycles. The van der Waals surface area contributed by atoms with Gasteiger partial charge < -0.3 is 4.90 Å². The highest BCUT2D eigenvalue weighted by Crippen LogP contribution is 2.38. The normalized spacial score (nSPS) is 13.9. The summed E-state index contributed by atoms with van der Waals surface area (Å²) in [6.45, 7) is 4.44. The summed E-state index contributed by atoms with van der Waals surface area (Å²) in [5, 5.41) is 0.702. The highest BCUT2D eigenvalue weighted by atomic mass is 35.5. The van der Waals surface area contributed by atoms with Crippen molar-refractivity contribution in [3.63, 3.8) is 0 Å². The third-order valence-corrected chi connectivity index (χ3v) is 5.60. The fraction of sp³-hybridized carbons (Fsp3) is 0.120. The predicted molar refractivity (Wildman–Crippen MR) is 127 cm³/mol. The molecule has 0 atom stereocenters. The minimum Gasteiger partial charge on any atom is -0.337 e. The molecule has 1 heterocycles. The van der Waals surface area contributed by atoms with Gasteiger partial charge in [-0.3, -0.25) is 9.59 Å². The monoisotopic (exact) mass is 450 g/mol. The highest BCUT2D eigenvalue weighted by molar-refractivity contribution is 6.47. The van der Waals surface area contributed by atoms with Crippen LogP contribution in [0.15, 0.2) is 78.5 Å². The molecule has 4 nitrogen and oxygen atoms in total. The van der Waals surface area contributed by atoms with Gasteiger partial charge in [0.25, 0.3) is 11.8 Å². The molecule has 0 saturated heterocycles. The van der Waals surface area contributed by atoms with Crippen LogP contribution >= 0.6 is 23.2 Å². The number of carbonyl (C=O) groups excluding carboxylic acids is 2. The Morgan fingerprint density at radius 2 is 1.45 bits per heavy atom. The molecule has 0 N–H and O–H groups in total. The zero-order valence-electron chi connectivity index (χ0n) is 17.1. The second kappa shape index (κ2) is 8.58. The molecule has 0 spiro atoms. The number of halogens is 2. The fourth-order valence-corrected chi connectivity index (χ4v) is 4.24. The van der Waals surface area contributed by atoms with Gasteiger partial charge in [0.15, 0.2) is 0 Å². The summed E-state index contributed by atoms with van der Waals surface area (Å²) in [6.07, 6.45) is 0. The van der Waals surface area contributed by atoms with E-state index in [0.717, 1.165) is 16.2 Å². The van der Waals surface area contributed by atoms with Gasteiger partial charge >= 0.3 is 0 Å². The summed E-state index contributed by atoms with van der Waals surface area (Å²) in [7, 11) is 0. The first-order chi connectivity index (χ1) is 14.9. The summed E-state index contributed by atoms with van der Waals surface area (Å²) >= 11 is 12.3. The lowest BCUT2D eigenvalue weighted by Crippen LogP contribution is -2.35. The number of aryl methyl sites for hydroxylation is 1. The molecule has 1 aliphatic heterocycles. The Morgan fingerprint density at radius 1 is 0.839 bits per heavy atom. The van der Waals surface area contributed by atoms with Gasteiger partial charge in [-0.25, -0.2) is 4.90 Å². The number of nitrogens with zero attached hydrogens (tertiary/aromatic N) is 2. The van der Waals surface area contributed by atoms with Crippen molar-refractivity contribution in [2.75, 3.05) is 16.3 Å². The molecule has 0 saturated carbocycles. The number of para-hydroxylation sites is 1. The molecule has 1 aliphatic rings. The predicted octanol–water partition coefficient (Wildman–Crippen LogP) is 6.11. The van der Waals surface area contributed by atoms with Gasteiger partial charge in [-0.1, -0.05) is 71.2 Å². The van der Waals surface area contributed by atoms with E-state index in [0.29, 0.717) is 39.1 Å². The zero-order valence-corrected chi connectivity index (χ0v) is 18.6. The summed E-state index contributed by atoms with van der Waals surface area (Å²) in [5.74, 6) is -0.818. The summed E-state index contributed by atoms with van der Waals surface area (Å²) in [4.78, 5) is 30.3. The Morgan fingerprint density at radius 3 is 2.03 bits per heavy atom. The van der Waals surface area contributed by atoms with Gasteiger partial charge in [-0.15, -0.1) is 0 Å². The lowest BCUT2D eigenvalue weighted by molar-refractivity contribution is -0.120. The maximum absolute atomic E-state index is 13.7. The average Bonchev–Trinajstić information content (AvgIpc) is 3.00. The van der Waals surface area contributed by atoms with Gasteiger partial charge in [-0.2, -0.15) is 0 Å². The van der Waals surface area contributed by atoms with E-state index in [1.807, 2.05) is 73.3 Å². The molecule has 3 aromatic carbocycles. The fourth-order valence-electron chi connectivity index (χ4n) is 3.73. The molecule has 31 heavy (non-hydrogen) atoms. The quantitative estimate of drug-likeness (QED) is 0.440. The van der Waals surface area contributed by atoms with Crippen molar-refractivity contribution in [1.82, 2.24) is 0 Å². The van der Waals surface area contributed by atoms with Gasteiger partial charge in [0.1, 0.15) is 5.70 Å². The number of hydrogen-bond donors (Lipinski definition) is 0. The van der Waals surface area contributed by atoms with E-state index in [1.165, 1.54) is 0 Å². The maximum atomic E-state index is 13.7. The molecule has 0 radical (unpaired) electrons. The summed E-state index contributed by atoms with van der Waals surface area (Å²) in [6, 6.07) is 21.8. The maximum Gasteiger partial charge on any atom is 0.282 e. The van der Waals surface area contributed by atoms with Crippen molar-refractivity contribution in [3.8, 4) is 0 Å². The van der Waals surface area contributed by atoms with Crippen LogP contribution in [0.25, 0.3) is 5.57 Å². The van der Waals surface area contributed by atoms with Crippen molar-refractivity contribution in [2.45, 2.75) is 13.8 Å². The van der Waals surface area contributed by atoms with Gasteiger partial charge in [0.05, 0.1) is 11.3 Å². The van der Waals surface area contributed by atoms with Crippen LogP contribution < -0.4 is 9.80 Å².